The molecule has 0 aliphatic rings. The second-order valence-corrected chi connectivity index (χ2v) is 3.33. The largest absolute Gasteiger partial charge is 0.346 e. The van der Waals surface area contributed by atoms with Crippen molar-refractivity contribution in [3.63, 3.8) is 0 Å². The molecule has 1 aromatic heterocycles. The highest BCUT2D eigenvalue weighted by Gasteiger charge is 1.96. The topological polar surface area (TPSA) is 28.7 Å². The van der Waals surface area contributed by atoms with E-state index < -0.39 is 0 Å². The number of hydrogen-bond donors (Lipinski definition) is 1. The fraction of sp³-hybridized carbons (Fsp3) is 0.200. The van der Waals surface area contributed by atoms with Gasteiger partial charge in [-0.2, -0.15) is 0 Å². The predicted molar refractivity (Wildman–Crippen MR) is 56.3 cm³/mol. The van der Waals surface area contributed by atoms with Crippen LogP contribution in [0.2, 0.25) is 0 Å². The van der Waals surface area contributed by atoms with Crippen LogP contribution in [0.1, 0.15) is 12.5 Å². The van der Waals surface area contributed by atoms with Gasteiger partial charge in [-0.25, -0.2) is 4.98 Å². The summed E-state index contributed by atoms with van der Waals surface area (Å²) in [6, 6.07) is 6.25. The Hall–Kier alpha value is -1.22. The summed E-state index contributed by atoms with van der Waals surface area (Å²) >= 11 is 5.13. The van der Waals surface area contributed by atoms with E-state index in [1.165, 1.54) is 5.56 Å². The molecular weight excluding hydrogens is 180 g/mol. The number of nitrogens with zero attached hydrogens (tertiary/aromatic N) is 1. The van der Waals surface area contributed by atoms with E-state index in [4.69, 9.17) is 12.2 Å². The van der Waals surface area contributed by atoms with Crippen LogP contribution in [0.25, 0.3) is 10.9 Å². The molecular formula is C10H10N2S. The number of aromatic amines is 1. The number of hydrogen-bond acceptors (Lipinski definition) is 2. The van der Waals surface area contributed by atoms with Crippen molar-refractivity contribution in [1.82, 2.24) is 9.97 Å². The Morgan fingerprint density at radius 3 is 3.08 bits per heavy atom. The molecule has 2 nitrogen and oxygen atoms in total. The van der Waals surface area contributed by atoms with Crippen molar-refractivity contribution in [1.29, 1.82) is 0 Å². The fourth-order valence-electron chi connectivity index (χ4n) is 1.34. The van der Waals surface area contributed by atoms with Crippen molar-refractivity contribution < 1.29 is 0 Å². The molecule has 0 fully saturated rings. The summed E-state index contributed by atoms with van der Waals surface area (Å²) in [6.45, 7) is 2.13. The number of fused-ring (bicyclic) bond motifs is 1. The van der Waals surface area contributed by atoms with E-state index in [-0.39, 0.29) is 0 Å². The first-order chi connectivity index (χ1) is 6.31. The number of benzene rings is 1. The Morgan fingerprint density at radius 1 is 1.46 bits per heavy atom. The van der Waals surface area contributed by atoms with Crippen molar-refractivity contribution in [2.45, 2.75) is 13.3 Å². The number of aromatic nitrogens is 2. The number of H-pyrrole nitrogens is 1. The van der Waals surface area contributed by atoms with Crippen LogP contribution in [0.4, 0.5) is 0 Å². The van der Waals surface area contributed by atoms with Gasteiger partial charge in [0.15, 0.2) is 0 Å². The first-order valence-electron chi connectivity index (χ1n) is 4.27. The third-order valence-electron chi connectivity index (χ3n) is 2.12. The average Bonchev–Trinajstić information content (AvgIpc) is 2.18. The van der Waals surface area contributed by atoms with Gasteiger partial charge in [-0.1, -0.05) is 25.2 Å². The van der Waals surface area contributed by atoms with E-state index in [1.807, 2.05) is 6.07 Å². The Labute approximate surface area is 81.6 Å². The standard InChI is InChI=1S/C10H10N2S/c1-2-7-3-4-9-8(5-7)10(13)12-6-11-9/h3-6H,2H2,1H3,(H,11,12,13). The highest BCUT2D eigenvalue weighted by atomic mass is 32.1. The van der Waals surface area contributed by atoms with Crippen LogP contribution in [0.5, 0.6) is 0 Å². The predicted octanol–water partition coefficient (Wildman–Crippen LogP) is 2.85. The van der Waals surface area contributed by atoms with Gasteiger partial charge in [0.1, 0.15) is 4.64 Å². The normalized spacial score (nSPS) is 10.5. The quantitative estimate of drug-likeness (QED) is 0.700. The van der Waals surface area contributed by atoms with E-state index in [0.717, 1.165) is 17.3 Å². The van der Waals surface area contributed by atoms with E-state index in [0.29, 0.717) is 4.64 Å². The zero-order valence-electron chi connectivity index (χ0n) is 7.37. The van der Waals surface area contributed by atoms with Crippen LogP contribution in [-0.2, 0) is 6.42 Å². The maximum absolute atomic E-state index is 5.13. The van der Waals surface area contributed by atoms with E-state index in [2.05, 4.69) is 29.0 Å². The van der Waals surface area contributed by atoms with Gasteiger partial charge in [-0.05, 0) is 24.1 Å². The average molecular weight is 190 g/mol. The molecule has 0 unspecified atom stereocenters. The summed E-state index contributed by atoms with van der Waals surface area (Å²) < 4.78 is 0.670. The Balaban J connectivity index is 2.82. The molecule has 13 heavy (non-hydrogen) atoms. The molecule has 3 heteroatoms. The molecule has 0 saturated heterocycles. The highest BCUT2D eigenvalue weighted by molar-refractivity contribution is 7.71. The maximum Gasteiger partial charge on any atom is 0.137 e. The lowest BCUT2D eigenvalue weighted by Gasteiger charge is -1.99. The van der Waals surface area contributed by atoms with E-state index in [1.54, 1.807) is 6.33 Å². The SMILES string of the molecule is CCc1ccc2[nH]cnc(=S)c2c1. The van der Waals surface area contributed by atoms with Gasteiger partial charge in [0.2, 0.25) is 0 Å². The number of aryl methyl sites for hydroxylation is 1. The van der Waals surface area contributed by atoms with Gasteiger partial charge in [-0.3, -0.25) is 0 Å². The molecule has 1 N–H and O–H groups in total. The summed E-state index contributed by atoms with van der Waals surface area (Å²) in [5, 5.41) is 1.04. The van der Waals surface area contributed by atoms with Crippen molar-refractivity contribution in [2.24, 2.45) is 0 Å². The van der Waals surface area contributed by atoms with Crippen molar-refractivity contribution in [2.75, 3.05) is 0 Å². The minimum Gasteiger partial charge on any atom is -0.346 e. The minimum atomic E-state index is 0.670. The second-order valence-electron chi connectivity index (χ2n) is 2.94. The molecule has 0 radical (unpaired) electrons. The third kappa shape index (κ3) is 1.47. The summed E-state index contributed by atoms with van der Waals surface area (Å²) in [5.74, 6) is 0. The Bertz CT molecular complexity index is 487. The van der Waals surface area contributed by atoms with Crippen LogP contribution in [0.15, 0.2) is 24.5 Å². The summed E-state index contributed by atoms with van der Waals surface area (Å²) in [7, 11) is 0. The van der Waals surface area contributed by atoms with Gasteiger partial charge < -0.3 is 4.98 Å². The second kappa shape index (κ2) is 3.26. The summed E-state index contributed by atoms with van der Waals surface area (Å²) in [6.07, 6.45) is 2.66. The Kier molecular flexibility index (Phi) is 2.10. The molecule has 2 aromatic rings. The van der Waals surface area contributed by atoms with Crippen molar-refractivity contribution in [3.8, 4) is 0 Å². The molecule has 0 amide bonds. The molecule has 2 rings (SSSR count). The fourth-order valence-corrected chi connectivity index (χ4v) is 1.57. The lowest BCUT2D eigenvalue weighted by Crippen LogP contribution is -1.85. The van der Waals surface area contributed by atoms with Crippen molar-refractivity contribution >= 4 is 23.1 Å². The molecule has 0 aliphatic carbocycles. The van der Waals surface area contributed by atoms with E-state index in [9.17, 15) is 0 Å². The molecule has 0 spiro atoms. The maximum atomic E-state index is 5.13. The van der Waals surface area contributed by atoms with Gasteiger partial charge in [-0.15, -0.1) is 0 Å². The van der Waals surface area contributed by atoms with Crippen LogP contribution in [-0.4, -0.2) is 9.97 Å². The molecule has 0 atom stereocenters. The van der Waals surface area contributed by atoms with E-state index >= 15 is 0 Å². The monoisotopic (exact) mass is 190 g/mol. The minimum absolute atomic E-state index is 0.670. The molecule has 0 bridgehead atoms. The first-order valence-corrected chi connectivity index (χ1v) is 4.68. The van der Waals surface area contributed by atoms with Crippen molar-refractivity contribution in [3.05, 3.63) is 34.7 Å². The molecule has 0 aliphatic heterocycles. The first kappa shape index (κ1) is 8.38. The number of nitrogens with one attached hydrogen (secondary N) is 1. The van der Waals surface area contributed by atoms with Gasteiger partial charge >= 0.3 is 0 Å². The highest BCUT2D eigenvalue weighted by Crippen LogP contribution is 2.13. The van der Waals surface area contributed by atoms with Gasteiger partial charge in [0.05, 0.1) is 6.33 Å². The van der Waals surface area contributed by atoms with Crippen LogP contribution in [0, 0.1) is 4.64 Å². The molecule has 1 aromatic carbocycles. The van der Waals surface area contributed by atoms with Crippen LogP contribution in [0.3, 0.4) is 0 Å². The zero-order chi connectivity index (χ0) is 9.26. The number of rotatable bonds is 1. The van der Waals surface area contributed by atoms with Gasteiger partial charge in [0, 0.05) is 10.9 Å². The summed E-state index contributed by atoms with van der Waals surface area (Å²) in [5.41, 5.74) is 2.34. The molecule has 0 saturated carbocycles. The van der Waals surface area contributed by atoms with Gasteiger partial charge in [0.25, 0.3) is 0 Å². The Morgan fingerprint density at radius 2 is 2.31 bits per heavy atom. The molecule has 66 valence electrons. The lowest BCUT2D eigenvalue weighted by molar-refractivity contribution is 1.14. The smallest absolute Gasteiger partial charge is 0.137 e. The zero-order valence-corrected chi connectivity index (χ0v) is 8.19. The van der Waals surface area contributed by atoms with Crippen LogP contribution >= 0.6 is 12.2 Å². The lowest BCUT2D eigenvalue weighted by atomic mass is 10.1. The van der Waals surface area contributed by atoms with Crippen LogP contribution < -0.4 is 0 Å². The third-order valence-corrected chi connectivity index (χ3v) is 2.45. The molecule has 1 heterocycles. The summed E-state index contributed by atoms with van der Waals surface area (Å²) in [4.78, 5) is 7.11.